The molecule has 0 saturated heterocycles. The average Bonchev–Trinajstić information content (AvgIpc) is 2.29. The number of aliphatic carboxylic acids is 2. The first-order valence-corrected chi connectivity index (χ1v) is 7.06. The molecule has 0 aliphatic heterocycles. The van der Waals surface area contributed by atoms with E-state index in [1.54, 1.807) is 0 Å². The molecule has 0 aromatic carbocycles. The van der Waals surface area contributed by atoms with E-state index in [2.05, 4.69) is 0 Å². The van der Waals surface area contributed by atoms with Crippen LogP contribution in [0, 0.1) is 0 Å². The third-order valence-electron chi connectivity index (χ3n) is 3.03. The second-order valence-electron chi connectivity index (χ2n) is 4.82. The zero-order valence-electron chi connectivity index (χ0n) is 11.2. The van der Waals surface area contributed by atoms with Crippen molar-refractivity contribution in [3.05, 3.63) is 0 Å². The van der Waals surface area contributed by atoms with E-state index < -0.39 is 11.9 Å². The predicted molar refractivity (Wildman–Crippen MR) is 77.8 cm³/mol. The van der Waals surface area contributed by atoms with E-state index in [1.807, 2.05) is 0 Å². The topological polar surface area (TPSA) is 74.6 Å². The van der Waals surface area contributed by atoms with Crippen molar-refractivity contribution >= 4 is 41.5 Å². The molecule has 0 bridgehead atoms. The van der Waals surface area contributed by atoms with Gasteiger partial charge in [-0.15, -0.1) is 0 Å². The van der Waals surface area contributed by atoms with Crippen molar-refractivity contribution < 1.29 is 19.8 Å². The number of carboxylic acids is 2. The molecule has 0 atom stereocenters. The molecule has 0 fully saturated rings. The number of hydrogen-bond acceptors (Lipinski definition) is 2. The summed E-state index contributed by atoms with van der Waals surface area (Å²) in [6.07, 6.45) is 11.3. The molecule has 5 heteroatoms. The Morgan fingerprint density at radius 1 is 0.526 bits per heavy atom. The molecule has 0 aromatic rings. The van der Waals surface area contributed by atoms with Crippen LogP contribution in [0.25, 0.3) is 0 Å². The van der Waals surface area contributed by atoms with Crippen LogP contribution in [0.2, 0.25) is 0 Å². The molecule has 19 heavy (non-hydrogen) atoms. The minimum atomic E-state index is -0.698. The van der Waals surface area contributed by atoms with Gasteiger partial charge in [-0.05, 0) is 12.8 Å². The van der Waals surface area contributed by atoms with Gasteiger partial charge in [0.1, 0.15) is 0 Å². The van der Waals surface area contributed by atoms with E-state index in [0.29, 0.717) is 12.8 Å². The first kappa shape index (κ1) is 21.2. The Morgan fingerprint density at radius 2 is 0.737 bits per heavy atom. The van der Waals surface area contributed by atoms with Gasteiger partial charge in [-0.25, -0.2) is 0 Å². The van der Waals surface area contributed by atoms with E-state index in [1.165, 1.54) is 25.7 Å². The molecule has 2 N–H and O–H groups in total. The predicted octanol–water partition coefficient (Wildman–Crippen LogP) is 3.19. The van der Waals surface area contributed by atoms with E-state index in [-0.39, 0.29) is 29.6 Å². The van der Waals surface area contributed by atoms with Gasteiger partial charge in [-0.2, -0.15) is 0 Å². The normalized spacial score (nSPS) is 9.89. The van der Waals surface area contributed by atoms with Gasteiger partial charge in [0.05, 0.1) is 0 Å². The molecule has 0 radical (unpaired) electrons. The van der Waals surface area contributed by atoms with Crippen molar-refractivity contribution in [2.45, 2.75) is 77.0 Å². The van der Waals surface area contributed by atoms with Gasteiger partial charge in [0.25, 0.3) is 0 Å². The van der Waals surface area contributed by atoms with Crippen LogP contribution in [-0.4, -0.2) is 51.7 Å². The maximum atomic E-state index is 10.3. The second kappa shape index (κ2) is 16.0. The molecule has 0 unspecified atom stereocenters. The fraction of sp³-hybridized carbons (Fsp3) is 0.857. The van der Waals surface area contributed by atoms with Gasteiger partial charge in [-0.1, -0.05) is 51.4 Å². The van der Waals surface area contributed by atoms with Gasteiger partial charge in [0.15, 0.2) is 0 Å². The molecule has 0 aliphatic carbocycles. The Kier molecular flexibility index (Phi) is 17.9. The van der Waals surface area contributed by atoms with E-state index >= 15 is 0 Å². The summed E-state index contributed by atoms with van der Waals surface area (Å²) in [5.74, 6) is -1.40. The fourth-order valence-electron chi connectivity index (χ4n) is 1.97. The van der Waals surface area contributed by atoms with Crippen LogP contribution in [-0.2, 0) is 9.59 Å². The fourth-order valence-corrected chi connectivity index (χ4v) is 1.97. The zero-order chi connectivity index (χ0) is 13.6. The summed E-state index contributed by atoms with van der Waals surface area (Å²) < 4.78 is 0. The Balaban J connectivity index is 0. The summed E-state index contributed by atoms with van der Waals surface area (Å²) in [6, 6.07) is 0. The molecule has 0 aromatic heterocycles. The van der Waals surface area contributed by atoms with E-state index in [9.17, 15) is 9.59 Å². The molecule has 0 saturated carbocycles. The van der Waals surface area contributed by atoms with Crippen molar-refractivity contribution in [2.24, 2.45) is 0 Å². The zero-order valence-corrected chi connectivity index (χ0v) is 11.2. The van der Waals surface area contributed by atoms with Crippen molar-refractivity contribution in [1.82, 2.24) is 0 Å². The minimum absolute atomic E-state index is 0. The third-order valence-corrected chi connectivity index (χ3v) is 3.03. The molecule has 4 nitrogen and oxygen atoms in total. The Labute approximate surface area is 138 Å². The van der Waals surface area contributed by atoms with Crippen molar-refractivity contribution in [3.8, 4) is 0 Å². The Hall–Kier alpha value is -0.0600. The molecular formula is C14H27NaO4. The van der Waals surface area contributed by atoms with Crippen LogP contribution in [0.1, 0.15) is 77.0 Å². The van der Waals surface area contributed by atoms with Gasteiger partial charge >= 0.3 is 41.5 Å². The molecule has 0 rings (SSSR count). The standard InChI is InChI=1S/C14H26O4.Na.H/c15-13(16)11-9-7-5-3-1-2-4-6-8-10-12-14(17)18;;/h1-12H2,(H,15,16)(H,17,18);;. The van der Waals surface area contributed by atoms with E-state index in [4.69, 9.17) is 10.2 Å². The number of carbonyl (C=O) groups is 2. The molecule has 0 amide bonds. The van der Waals surface area contributed by atoms with Gasteiger partial charge in [-0.3, -0.25) is 9.59 Å². The molecule has 0 spiro atoms. The Morgan fingerprint density at radius 3 is 0.947 bits per heavy atom. The van der Waals surface area contributed by atoms with Crippen LogP contribution < -0.4 is 0 Å². The average molecular weight is 282 g/mol. The van der Waals surface area contributed by atoms with Crippen molar-refractivity contribution in [3.63, 3.8) is 0 Å². The summed E-state index contributed by atoms with van der Waals surface area (Å²) in [7, 11) is 0. The first-order chi connectivity index (χ1) is 8.63. The van der Waals surface area contributed by atoms with Crippen LogP contribution in [0.5, 0.6) is 0 Å². The summed E-state index contributed by atoms with van der Waals surface area (Å²) >= 11 is 0. The van der Waals surface area contributed by atoms with E-state index in [0.717, 1.165) is 38.5 Å². The van der Waals surface area contributed by atoms with Crippen LogP contribution in [0.3, 0.4) is 0 Å². The van der Waals surface area contributed by atoms with Crippen molar-refractivity contribution in [2.75, 3.05) is 0 Å². The summed E-state index contributed by atoms with van der Waals surface area (Å²) in [4.78, 5) is 20.5. The van der Waals surface area contributed by atoms with Crippen LogP contribution in [0.15, 0.2) is 0 Å². The molecule has 0 heterocycles. The molecule has 108 valence electrons. The third kappa shape index (κ3) is 20.4. The number of carboxylic acid groups (broad SMARTS) is 2. The number of unbranched alkanes of at least 4 members (excludes halogenated alkanes) is 9. The number of hydrogen-bond donors (Lipinski definition) is 2. The van der Waals surface area contributed by atoms with Crippen LogP contribution in [0.4, 0.5) is 0 Å². The van der Waals surface area contributed by atoms with Gasteiger partial charge < -0.3 is 10.2 Å². The summed E-state index contributed by atoms with van der Waals surface area (Å²) in [5.41, 5.74) is 0. The maximum absolute atomic E-state index is 10.3. The summed E-state index contributed by atoms with van der Waals surface area (Å²) in [6.45, 7) is 0. The number of rotatable bonds is 13. The van der Waals surface area contributed by atoms with Gasteiger partial charge in [0, 0.05) is 12.8 Å². The Bertz CT molecular complexity index is 207. The summed E-state index contributed by atoms with van der Waals surface area (Å²) in [5, 5.41) is 16.9. The monoisotopic (exact) mass is 282 g/mol. The van der Waals surface area contributed by atoms with Crippen LogP contribution >= 0.6 is 0 Å². The quantitative estimate of drug-likeness (QED) is 0.402. The molecule has 0 aliphatic rings. The first-order valence-electron chi connectivity index (χ1n) is 7.06. The van der Waals surface area contributed by atoms with Gasteiger partial charge in [0.2, 0.25) is 0 Å². The SMILES string of the molecule is O=C(O)CCCCCCCCCCCCC(=O)O.[NaH]. The van der Waals surface area contributed by atoms with Crippen molar-refractivity contribution in [1.29, 1.82) is 0 Å². The molecular weight excluding hydrogens is 255 g/mol. The second-order valence-corrected chi connectivity index (χ2v) is 4.82.